The Morgan fingerprint density at radius 1 is 1.27 bits per heavy atom. The number of hydrogen-bond donors (Lipinski definition) is 1. The van der Waals surface area contributed by atoms with E-state index in [1.807, 2.05) is 11.8 Å². The second kappa shape index (κ2) is 5.78. The largest absolute Gasteiger partial charge is 0.360 e. The van der Waals surface area contributed by atoms with Gasteiger partial charge in [-0.15, -0.1) is 0 Å². The number of hydrogen-bond acceptors (Lipinski definition) is 3. The van der Waals surface area contributed by atoms with E-state index in [2.05, 4.69) is 38.0 Å². The smallest absolute Gasteiger partial charge is 0.157 e. The highest BCUT2D eigenvalue weighted by atomic mass is 32.2. The van der Waals surface area contributed by atoms with E-state index in [4.69, 9.17) is 0 Å². The van der Waals surface area contributed by atoms with Gasteiger partial charge in [-0.1, -0.05) is 39.5 Å². The van der Waals surface area contributed by atoms with Crippen molar-refractivity contribution in [2.75, 3.05) is 6.54 Å². The predicted octanol–water partition coefficient (Wildman–Crippen LogP) is 3.43. The van der Waals surface area contributed by atoms with Crippen LogP contribution in [0, 0.1) is 0 Å². The van der Waals surface area contributed by atoms with Gasteiger partial charge in [-0.05, 0) is 25.7 Å². The summed E-state index contributed by atoms with van der Waals surface area (Å²) in [6.45, 7) is 10.0. The van der Waals surface area contributed by atoms with Gasteiger partial charge in [-0.25, -0.2) is 0 Å². The van der Waals surface area contributed by atoms with Crippen molar-refractivity contribution in [3.05, 3.63) is 0 Å². The molecule has 1 N–H and O–H groups in total. The number of nitrogens with one attached hydrogen (secondary N) is 1. The zero-order valence-corrected chi connectivity index (χ0v) is 11.3. The third kappa shape index (κ3) is 3.13. The molecule has 0 radical (unpaired) electrons. The van der Waals surface area contributed by atoms with Crippen molar-refractivity contribution in [2.24, 2.45) is 4.99 Å². The van der Waals surface area contributed by atoms with Gasteiger partial charge in [0.25, 0.3) is 0 Å². The van der Waals surface area contributed by atoms with Crippen molar-refractivity contribution >= 4 is 16.9 Å². The number of thioether (sulfide) groups is 1. The maximum atomic E-state index is 4.59. The summed E-state index contributed by atoms with van der Waals surface area (Å²) < 4.78 is 0. The molecule has 1 unspecified atom stereocenters. The Kier molecular flexibility index (Phi) is 4.97. The Labute approximate surface area is 98.3 Å². The van der Waals surface area contributed by atoms with Crippen molar-refractivity contribution in [2.45, 2.75) is 64.2 Å². The Morgan fingerprint density at radius 2 is 1.87 bits per heavy atom. The first-order valence-electron chi connectivity index (χ1n) is 6.19. The van der Waals surface area contributed by atoms with Crippen LogP contribution in [-0.2, 0) is 0 Å². The van der Waals surface area contributed by atoms with Gasteiger partial charge < -0.3 is 5.32 Å². The maximum absolute atomic E-state index is 4.59. The molecule has 0 saturated heterocycles. The van der Waals surface area contributed by atoms with E-state index in [0.717, 1.165) is 6.54 Å². The lowest BCUT2D eigenvalue weighted by Crippen LogP contribution is -2.45. The normalized spacial score (nSPS) is 21.6. The number of nitrogens with zero attached hydrogens (tertiary/aromatic N) is 1. The lowest BCUT2D eigenvalue weighted by Gasteiger charge is -2.32. The fraction of sp³-hybridized carbons (Fsp3) is 0.917. The highest BCUT2D eigenvalue weighted by molar-refractivity contribution is 8.14. The highest BCUT2D eigenvalue weighted by Gasteiger charge is 2.27. The number of amidine groups is 1. The maximum Gasteiger partial charge on any atom is 0.157 e. The Morgan fingerprint density at radius 3 is 2.27 bits per heavy atom. The molecule has 3 heteroatoms. The molecule has 0 aromatic carbocycles. The van der Waals surface area contributed by atoms with Crippen LogP contribution in [-0.4, -0.2) is 22.5 Å². The standard InChI is InChI=1S/C12H24N2S/c1-5-10-9-13-11(15-10)14-12(6-2,7-3)8-4/h10H,5-9H2,1-4H3,(H,13,14). The molecule has 0 fully saturated rings. The van der Waals surface area contributed by atoms with Gasteiger partial charge in [-0.3, -0.25) is 4.99 Å². The summed E-state index contributed by atoms with van der Waals surface area (Å²) in [5.41, 5.74) is 0.272. The predicted molar refractivity (Wildman–Crippen MR) is 70.7 cm³/mol. The SMILES string of the molecule is CCC1CN=C(NC(CC)(CC)CC)S1. The van der Waals surface area contributed by atoms with E-state index < -0.39 is 0 Å². The molecular formula is C12H24N2S. The molecule has 1 rings (SSSR count). The van der Waals surface area contributed by atoms with Crippen LogP contribution in [0.5, 0.6) is 0 Å². The number of aliphatic imine (C=N–C) groups is 1. The lowest BCUT2D eigenvalue weighted by molar-refractivity contribution is 0.342. The number of rotatable bonds is 5. The average Bonchev–Trinajstić information content (AvgIpc) is 2.73. The second-order valence-corrected chi connectivity index (χ2v) is 5.55. The first-order chi connectivity index (χ1) is 7.19. The minimum atomic E-state index is 0.272. The van der Waals surface area contributed by atoms with Crippen LogP contribution < -0.4 is 5.32 Å². The summed E-state index contributed by atoms with van der Waals surface area (Å²) in [6, 6.07) is 0. The third-order valence-electron chi connectivity index (χ3n) is 3.57. The van der Waals surface area contributed by atoms with Crippen LogP contribution in [0.25, 0.3) is 0 Å². The minimum Gasteiger partial charge on any atom is -0.360 e. The van der Waals surface area contributed by atoms with Crippen LogP contribution in [0.3, 0.4) is 0 Å². The van der Waals surface area contributed by atoms with E-state index in [-0.39, 0.29) is 5.54 Å². The van der Waals surface area contributed by atoms with Crippen molar-refractivity contribution in [3.63, 3.8) is 0 Å². The quantitative estimate of drug-likeness (QED) is 0.779. The monoisotopic (exact) mass is 228 g/mol. The van der Waals surface area contributed by atoms with Gasteiger partial charge >= 0.3 is 0 Å². The first kappa shape index (κ1) is 12.9. The van der Waals surface area contributed by atoms with E-state index >= 15 is 0 Å². The molecule has 1 heterocycles. The summed E-state index contributed by atoms with van der Waals surface area (Å²) in [5, 5.41) is 5.53. The molecule has 88 valence electrons. The molecule has 0 saturated carbocycles. The molecule has 0 aromatic rings. The van der Waals surface area contributed by atoms with Crippen LogP contribution in [0.2, 0.25) is 0 Å². The molecule has 15 heavy (non-hydrogen) atoms. The summed E-state index contributed by atoms with van der Waals surface area (Å²) >= 11 is 1.92. The van der Waals surface area contributed by atoms with Gasteiger partial charge in [0.1, 0.15) is 0 Å². The van der Waals surface area contributed by atoms with E-state index in [9.17, 15) is 0 Å². The van der Waals surface area contributed by atoms with Crippen molar-refractivity contribution in [1.82, 2.24) is 5.32 Å². The van der Waals surface area contributed by atoms with Crippen LogP contribution >= 0.6 is 11.8 Å². The van der Waals surface area contributed by atoms with Crippen molar-refractivity contribution in [1.29, 1.82) is 0 Å². The molecule has 0 aromatic heterocycles. The third-order valence-corrected chi connectivity index (χ3v) is 4.84. The second-order valence-electron chi connectivity index (χ2n) is 4.26. The zero-order valence-electron chi connectivity index (χ0n) is 10.5. The van der Waals surface area contributed by atoms with Crippen molar-refractivity contribution in [3.8, 4) is 0 Å². The average molecular weight is 228 g/mol. The molecule has 2 nitrogen and oxygen atoms in total. The van der Waals surface area contributed by atoms with Gasteiger partial charge in [0.05, 0.1) is 6.54 Å². The molecule has 0 bridgehead atoms. The first-order valence-corrected chi connectivity index (χ1v) is 7.06. The summed E-state index contributed by atoms with van der Waals surface area (Å²) in [5.74, 6) is 0. The summed E-state index contributed by atoms with van der Waals surface area (Å²) in [4.78, 5) is 4.59. The molecule has 1 aliphatic rings. The van der Waals surface area contributed by atoms with Gasteiger partial charge in [-0.2, -0.15) is 0 Å². The molecule has 0 spiro atoms. The summed E-state index contributed by atoms with van der Waals surface area (Å²) in [7, 11) is 0. The van der Waals surface area contributed by atoms with Crippen LogP contribution in [0.4, 0.5) is 0 Å². The van der Waals surface area contributed by atoms with Gasteiger partial charge in [0.15, 0.2) is 5.17 Å². The molecule has 0 amide bonds. The van der Waals surface area contributed by atoms with E-state index in [1.165, 1.54) is 30.9 Å². The van der Waals surface area contributed by atoms with Crippen molar-refractivity contribution < 1.29 is 0 Å². The summed E-state index contributed by atoms with van der Waals surface area (Å²) in [6.07, 6.45) is 4.75. The fourth-order valence-electron chi connectivity index (χ4n) is 1.94. The topological polar surface area (TPSA) is 24.4 Å². The molecular weight excluding hydrogens is 204 g/mol. The van der Waals surface area contributed by atoms with E-state index in [1.54, 1.807) is 0 Å². The molecule has 0 aliphatic carbocycles. The molecule has 1 aliphatic heterocycles. The lowest BCUT2D eigenvalue weighted by atomic mass is 9.90. The van der Waals surface area contributed by atoms with Gasteiger partial charge in [0, 0.05) is 10.8 Å². The zero-order chi connectivity index (χ0) is 11.3. The Balaban J connectivity index is 2.53. The minimum absolute atomic E-state index is 0.272. The van der Waals surface area contributed by atoms with E-state index in [0.29, 0.717) is 5.25 Å². The van der Waals surface area contributed by atoms with Gasteiger partial charge in [0.2, 0.25) is 0 Å². The molecule has 1 atom stereocenters. The Bertz CT molecular complexity index is 213. The highest BCUT2D eigenvalue weighted by Crippen LogP contribution is 2.26. The van der Waals surface area contributed by atoms with Crippen LogP contribution in [0.1, 0.15) is 53.4 Å². The van der Waals surface area contributed by atoms with Crippen LogP contribution in [0.15, 0.2) is 4.99 Å². The Hall–Kier alpha value is -0.180. The fourth-order valence-corrected chi connectivity index (χ4v) is 3.00.